The minimum absolute atomic E-state index is 0.0695. The summed E-state index contributed by atoms with van der Waals surface area (Å²) in [6.45, 7) is 2.90. The van der Waals surface area contributed by atoms with Gasteiger partial charge in [0, 0.05) is 0 Å². The number of rotatable bonds is 5. The average molecular weight is 369 g/mol. The number of benzene rings is 3. The molecular weight excluding hydrogens is 350 g/mol. The Morgan fingerprint density at radius 1 is 0.923 bits per heavy atom. The Kier molecular flexibility index (Phi) is 4.70. The molecule has 3 rings (SSSR count). The second kappa shape index (κ2) is 6.80. The van der Waals surface area contributed by atoms with Crippen molar-refractivity contribution in [2.75, 3.05) is 10.8 Å². The molecule has 1 N–H and O–H groups in total. The first-order chi connectivity index (χ1) is 12.3. The molecule has 0 saturated carbocycles. The number of anilines is 1. The van der Waals surface area contributed by atoms with E-state index < -0.39 is 22.5 Å². The van der Waals surface area contributed by atoms with Gasteiger partial charge in [-0.05, 0) is 47.9 Å². The van der Waals surface area contributed by atoms with E-state index >= 15 is 0 Å². The van der Waals surface area contributed by atoms with Crippen LogP contribution in [-0.2, 0) is 14.8 Å². The fourth-order valence-electron chi connectivity index (χ4n) is 3.06. The summed E-state index contributed by atoms with van der Waals surface area (Å²) in [4.78, 5) is 11.5. The monoisotopic (exact) mass is 369 g/mol. The third kappa shape index (κ3) is 3.28. The van der Waals surface area contributed by atoms with Crippen molar-refractivity contribution in [2.45, 2.75) is 18.7 Å². The molecule has 0 aliphatic carbocycles. The Bertz CT molecular complexity index is 1070. The molecule has 0 amide bonds. The number of carbonyl (C=O) groups is 1. The van der Waals surface area contributed by atoms with Gasteiger partial charge in [0.2, 0.25) is 0 Å². The number of nitrogens with zero attached hydrogens (tertiary/aromatic N) is 1. The van der Waals surface area contributed by atoms with Crippen molar-refractivity contribution in [2.24, 2.45) is 0 Å². The molecule has 134 valence electrons. The summed E-state index contributed by atoms with van der Waals surface area (Å²) in [5, 5.41) is 11.0. The number of sulfonamides is 1. The SMILES string of the molecule is Cc1cccc(C)c1N(CC(=O)O)S(=O)(=O)c1ccc2ccccc2c1. The molecule has 0 atom stereocenters. The molecule has 0 saturated heterocycles. The summed E-state index contributed by atoms with van der Waals surface area (Å²) in [6, 6.07) is 17.6. The minimum Gasteiger partial charge on any atom is -0.480 e. The van der Waals surface area contributed by atoms with Gasteiger partial charge in [0.05, 0.1) is 10.6 Å². The highest BCUT2D eigenvalue weighted by Gasteiger charge is 2.29. The van der Waals surface area contributed by atoms with E-state index in [1.54, 1.807) is 38.1 Å². The predicted molar refractivity (Wildman–Crippen MR) is 102 cm³/mol. The zero-order valence-corrected chi connectivity index (χ0v) is 15.3. The number of hydrogen-bond donors (Lipinski definition) is 1. The first-order valence-corrected chi connectivity index (χ1v) is 9.54. The lowest BCUT2D eigenvalue weighted by atomic mass is 10.1. The van der Waals surface area contributed by atoms with Crippen molar-refractivity contribution in [1.29, 1.82) is 0 Å². The minimum atomic E-state index is -4.03. The van der Waals surface area contributed by atoms with Gasteiger partial charge in [-0.15, -0.1) is 0 Å². The van der Waals surface area contributed by atoms with Crippen molar-refractivity contribution < 1.29 is 18.3 Å². The van der Waals surface area contributed by atoms with Crippen LogP contribution in [0.1, 0.15) is 11.1 Å². The van der Waals surface area contributed by atoms with E-state index in [0.717, 1.165) is 15.1 Å². The summed E-state index contributed by atoms with van der Waals surface area (Å²) in [7, 11) is -4.03. The molecule has 3 aromatic carbocycles. The maximum Gasteiger partial charge on any atom is 0.324 e. The molecule has 0 bridgehead atoms. The number of aliphatic carboxylic acids is 1. The van der Waals surface area contributed by atoms with E-state index in [1.165, 1.54) is 6.07 Å². The normalized spacial score (nSPS) is 11.5. The summed E-state index contributed by atoms with van der Waals surface area (Å²) >= 11 is 0. The maximum absolute atomic E-state index is 13.3. The summed E-state index contributed by atoms with van der Waals surface area (Å²) < 4.78 is 27.5. The lowest BCUT2D eigenvalue weighted by Gasteiger charge is -2.26. The van der Waals surface area contributed by atoms with E-state index in [-0.39, 0.29) is 4.90 Å². The average Bonchev–Trinajstić information content (AvgIpc) is 2.60. The zero-order chi connectivity index (χ0) is 18.9. The van der Waals surface area contributed by atoms with Crippen molar-refractivity contribution in [1.82, 2.24) is 0 Å². The van der Waals surface area contributed by atoms with Crippen LogP contribution in [0.2, 0.25) is 0 Å². The molecule has 6 heteroatoms. The van der Waals surface area contributed by atoms with Crippen LogP contribution in [0, 0.1) is 13.8 Å². The first kappa shape index (κ1) is 17.9. The Morgan fingerprint density at radius 3 is 2.15 bits per heavy atom. The van der Waals surface area contributed by atoms with Crippen LogP contribution in [0.4, 0.5) is 5.69 Å². The van der Waals surface area contributed by atoms with E-state index in [9.17, 15) is 18.3 Å². The van der Waals surface area contributed by atoms with E-state index in [1.807, 2.05) is 30.3 Å². The van der Waals surface area contributed by atoms with Crippen LogP contribution in [0.5, 0.6) is 0 Å². The number of hydrogen-bond acceptors (Lipinski definition) is 3. The summed E-state index contributed by atoms with van der Waals surface area (Å²) in [5.41, 5.74) is 1.81. The molecule has 0 fully saturated rings. The van der Waals surface area contributed by atoms with Crippen molar-refractivity contribution in [3.63, 3.8) is 0 Å². The third-order valence-electron chi connectivity index (χ3n) is 4.28. The van der Waals surface area contributed by atoms with Gasteiger partial charge >= 0.3 is 5.97 Å². The molecule has 0 heterocycles. The molecule has 0 aromatic heterocycles. The van der Waals surface area contributed by atoms with Crippen molar-refractivity contribution in [3.8, 4) is 0 Å². The first-order valence-electron chi connectivity index (χ1n) is 8.10. The van der Waals surface area contributed by atoms with Crippen molar-refractivity contribution >= 4 is 32.5 Å². The Balaban J connectivity index is 2.19. The van der Waals surface area contributed by atoms with Gasteiger partial charge in [0.25, 0.3) is 10.0 Å². The van der Waals surface area contributed by atoms with Crippen LogP contribution in [-0.4, -0.2) is 26.0 Å². The van der Waals surface area contributed by atoms with Gasteiger partial charge in [-0.25, -0.2) is 8.42 Å². The Hall–Kier alpha value is -2.86. The smallest absolute Gasteiger partial charge is 0.324 e. The van der Waals surface area contributed by atoms with Gasteiger partial charge in [0.15, 0.2) is 0 Å². The molecule has 0 unspecified atom stereocenters. The topological polar surface area (TPSA) is 74.7 Å². The van der Waals surface area contributed by atoms with E-state index in [0.29, 0.717) is 16.8 Å². The highest BCUT2D eigenvalue weighted by atomic mass is 32.2. The number of para-hydroxylation sites is 1. The standard InChI is InChI=1S/C20H19NO4S/c1-14-6-5-7-15(2)20(14)21(13-19(22)23)26(24,25)18-11-10-16-8-3-4-9-17(16)12-18/h3-12H,13H2,1-2H3,(H,22,23). The molecule has 0 radical (unpaired) electrons. The van der Waals surface area contributed by atoms with Crippen LogP contribution in [0.25, 0.3) is 10.8 Å². The third-order valence-corrected chi connectivity index (χ3v) is 6.02. The molecule has 3 aromatic rings. The van der Waals surface area contributed by atoms with Crippen LogP contribution < -0.4 is 4.31 Å². The van der Waals surface area contributed by atoms with E-state index in [2.05, 4.69) is 0 Å². The lowest BCUT2D eigenvalue weighted by Crippen LogP contribution is -2.36. The van der Waals surface area contributed by atoms with Crippen LogP contribution >= 0.6 is 0 Å². The van der Waals surface area contributed by atoms with Crippen LogP contribution in [0.3, 0.4) is 0 Å². The fraction of sp³-hybridized carbons (Fsp3) is 0.150. The number of carboxylic acids is 1. The zero-order valence-electron chi connectivity index (χ0n) is 14.5. The highest BCUT2D eigenvalue weighted by molar-refractivity contribution is 7.92. The highest BCUT2D eigenvalue weighted by Crippen LogP contribution is 2.31. The molecule has 0 aliphatic rings. The molecular formula is C20H19NO4S. The lowest BCUT2D eigenvalue weighted by molar-refractivity contribution is -0.135. The number of aryl methyl sites for hydroxylation is 2. The molecule has 0 spiro atoms. The molecule has 5 nitrogen and oxygen atoms in total. The molecule has 26 heavy (non-hydrogen) atoms. The van der Waals surface area contributed by atoms with Gasteiger partial charge in [-0.1, -0.05) is 48.5 Å². The number of carboxylic acid groups (broad SMARTS) is 1. The summed E-state index contributed by atoms with van der Waals surface area (Å²) in [5.74, 6) is -1.21. The summed E-state index contributed by atoms with van der Waals surface area (Å²) in [6.07, 6.45) is 0. The quantitative estimate of drug-likeness (QED) is 0.743. The molecule has 0 aliphatic heterocycles. The number of fused-ring (bicyclic) bond motifs is 1. The van der Waals surface area contributed by atoms with Gasteiger partial charge in [0.1, 0.15) is 6.54 Å². The van der Waals surface area contributed by atoms with Crippen molar-refractivity contribution in [3.05, 3.63) is 71.8 Å². The van der Waals surface area contributed by atoms with Crippen LogP contribution in [0.15, 0.2) is 65.6 Å². The maximum atomic E-state index is 13.3. The second-order valence-corrected chi connectivity index (χ2v) is 8.02. The second-order valence-electron chi connectivity index (χ2n) is 6.15. The van der Waals surface area contributed by atoms with Gasteiger partial charge in [-0.2, -0.15) is 0 Å². The Morgan fingerprint density at radius 2 is 1.54 bits per heavy atom. The predicted octanol–water partition coefficient (Wildman–Crippen LogP) is 3.74. The fourth-order valence-corrected chi connectivity index (χ4v) is 4.64. The Labute approximate surface area is 152 Å². The largest absolute Gasteiger partial charge is 0.480 e. The van der Waals surface area contributed by atoms with E-state index in [4.69, 9.17) is 0 Å². The van der Waals surface area contributed by atoms with Gasteiger partial charge < -0.3 is 5.11 Å². The van der Waals surface area contributed by atoms with Gasteiger partial charge in [-0.3, -0.25) is 9.10 Å².